The lowest BCUT2D eigenvalue weighted by Crippen LogP contribution is -2.39. The molecular formula is C19H22FN3O3. The van der Waals surface area contributed by atoms with Crippen LogP contribution in [0.5, 0.6) is 0 Å². The Morgan fingerprint density at radius 3 is 2.77 bits per heavy atom. The number of carboxylic acids is 1. The van der Waals surface area contributed by atoms with Crippen LogP contribution in [0.1, 0.15) is 47.6 Å². The van der Waals surface area contributed by atoms with E-state index in [1.165, 1.54) is 10.7 Å². The molecule has 0 saturated heterocycles. The molecule has 1 amide bonds. The first-order valence-electron chi connectivity index (χ1n) is 8.59. The second-order valence-electron chi connectivity index (χ2n) is 7.37. The molecule has 0 unspecified atom stereocenters. The summed E-state index contributed by atoms with van der Waals surface area (Å²) in [6.45, 7) is 4.94. The second-order valence-corrected chi connectivity index (χ2v) is 7.37. The van der Waals surface area contributed by atoms with Crippen LogP contribution in [0.25, 0.3) is 5.69 Å². The predicted molar refractivity (Wildman–Crippen MR) is 94.0 cm³/mol. The Hall–Kier alpha value is -2.70. The molecule has 2 N–H and O–H groups in total. The van der Waals surface area contributed by atoms with Gasteiger partial charge in [-0.2, -0.15) is 5.10 Å². The first kappa shape index (κ1) is 18.1. The van der Waals surface area contributed by atoms with Gasteiger partial charge in [0.15, 0.2) is 5.69 Å². The number of aryl methyl sites for hydroxylation is 1. The van der Waals surface area contributed by atoms with E-state index in [4.69, 9.17) is 0 Å². The summed E-state index contributed by atoms with van der Waals surface area (Å²) < 4.78 is 15.8. The lowest BCUT2D eigenvalue weighted by atomic mass is 9.94. The molecule has 0 saturated carbocycles. The zero-order chi connectivity index (χ0) is 19.1. The quantitative estimate of drug-likeness (QED) is 0.860. The molecule has 1 aromatic heterocycles. The number of amides is 1. The maximum absolute atomic E-state index is 14.3. The van der Waals surface area contributed by atoms with E-state index in [0.717, 1.165) is 29.7 Å². The van der Waals surface area contributed by atoms with Crippen LogP contribution in [0.15, 0.2) is 18.2 Å². The van der Waals surface area contributed by atoms with Gasteiger partial charge in [0, 0.05) is 17.8 Å². The highest BCUT2D eigenvalue weighted by Gasteiger charge is 2.31. The standard InChI is InChI=1S/C19H22FN3O3/c1-11-7-8-13(20)15(9-11)23-14-6-4-5-12(14)16(22-23)17(24)21-10-19(2,3)18(25)26/h7-9H,4-6,10H2,1-3H3,(H,21,24)(H,25,26). The van der Waals surface area contributed by atoms with E-state index >= 15 is 0 Å². The molecule has 3 rings (SSSR count). The number of benzene rings is 1. The fourth-order valence-corrected chi connectivity index (χ4v) is 3.06. The molecule has 0 radical (unpaired) electrons. The van der Waals surface area contributed by atoms with Crippen LogP contribution in [-0.4, -0.2) is 33.3 Å². The van der Waals surface area contributed by atoms with Crippen molar-refractivity contribution in [2.24, 2.45) is 5.41 Å². The van der Waals surface area contributed by atoms with Gasteiger partial charge in [0.05, 0.1) is 5.41 Å². The van der Waals surface area contributed by atoms with Crippen LogP contribution < -0.4 is 5.32 Å². The Bertz CT molecular complexity index is 886. The van der Waals surface area contributed by atoms with Crippen molar-refractivity contribution >= 4 is 11.9 Å². The topological polar surface area (TPSA) is 84.2 Å². The number of nitrogens with one attached hydrogen (secondary N) is 1. The Labute approximate surface area is 151 Å². The molecule has 0 aliphatic heterocycles. The van der Waals surface area contributed by atoms with E-state index < -0.39 is 23.1 Å². The van der Waals surface area contributed by atoms with Gasteiger partial charge in [0.1, 0.15) is 11.5 Å². The number of carbonyl (C=O) groups is 2. The van der Waals surface area contributed by atoms with Crippen molar-refractivity contribution in [2.45, 2.75) is 40.0 Å². The first-order valence-corrected chi connectivity index (χ1v) is 8.59. The van der Waals surface area contributed by atoms with Gasteiger partial charge >= 0.3 is 5.97 Å². The Balaban J connectivity index is 1.94. The van der Waals surface area contributed by atoms with Crippen LogP contribution in [0, 0.1) is 18.2 Å². The summed E-state index contributed by atoms with van der Waals surface area (Å²) >= 11 is 0. The summed E-state index contributed by atoms with van der Waals surface area (Å²) in [5.74, 6) is -1.81. The smallest absolute Gasteiger partial charge is 0.310 e. The first-order chi connectivity index (χ1) is 12.2. The minimum Gasteiger partial charge on any atom is -0.481 e. The molecule has 7 heteroatoms. The molecule has 0 spiro atoms. The van der Waals surface area contributed by atoms with Gasteiger partial charge in [-0.1, -0.05) is 6.07 Å². The van der Waals surface area contributed by atoms with Crippen molar-refractivity contribution in [1.29, 1.82) is 0 Å². The summed E-state index contributed by atoms with van der Waals surface area (Å²) in [7, 11) is 0. The average molecular weight is 359 g/mol. The van der Waals surface area contributed by atoms with E-state index in [1.807, 2.05) is 6.92 Å². The van der Waals surface area contributed by atoms with Crippen molar-refractivity contribution in [3.8, 4) is 5.69 Å². The summed E-state index contributed by atoms with van der Waals surface area (Å²) in [6, 6.07) is 4.78. The molecule has 1 heterocycles. The molecule has 1 aliphatic carbocycles. The lowest BCUT2D eigenvalue weighted by Gasteiger charge is -2.19. The van der Waals surface area contributed by atoms with Crippen molar-refractivity contribution in [3.63, 3.8) is 0 Å². The lowest BCUT2D eigenvalue weighted by molar-refractivity contribution is -0.146. The van der Waals surface area contributed by atoms with Crippen LogP contribution in [0.4, 0.5) is 4.39 Å². The van der Waals surface area contributed by atoms with Crippen molar-refractivity contribution in [2.75, 3.05) is 6.54 Å². The Kier molecular flexibility index (Phi) is 4.56. The van der Waals surface area contributed by atoms with Crippen LogP contribution in [0.2, 0.25) is 0 Å². The summed E-state index contributed by atoms with van der Waals surface area (Å²) in [6.07, 6.45) is 2.30. The van der Waals surface area contributed by atoms with E-state index in [0.29, 0.717) is 12.1 Å². The molecule has 26 heavy (non-hydrogen) atoms. The SMILES string of the molecule is Cc1ccc(F)c(-n2nc(C(=O)NCC(C)(C)C(=O)O)c3c2CCC3)c1. The number of hydrogen-bond donors (Lipinski definition) is 2. The number of nitrogens with zero attached hydrogens (tertiary/aromatic N) is 2. The molecule has 138 valence electrons. The highest BCUT2D eigenvalue weighted by Crippen LogP contribution is 2.29. The van der Waals surface area contributed by atoms with Gasteiger partial charge in [-0.3, -0.25) is 9.59 Å². The van der Waals surface area contributed by atoms with Crippen LogP contribution in [0.3, 0.4) is 0 Å². The van der Waals surface area contributed by atoms with Gasteiger partial charge in [-0.15, -0.1) is 0 Å². The molecule has 1 aliphatic rings. The number of rotatable bonds is 5. The number of carbonyl (C=O) groups excluding carboxylic acids is 1. The normalized spacial score (nSPS) is 13.5. The number of fused-ring (bicyclic) bond motifs is 1. The van der Waals surface area contributed by atoms with E-state index in [-0.39, 0.29) is 12.2 Å². The average Bonchev–Trinajstić information content (AvgIpc) is 3.17. The number of hydrogen-bond acceptors (Lipinski definition) is 3. The molecule has 1 aromatic carbocycles. The molecule has 0 fully saturated rings. The van der Waals surface area contributed by atoms with Crippen LogP contribution >= 0.6 is 0 Å². The highest BCUT2D eigenvalue weighted by atomic mass is 19.1. The van der Waals surface area contributed by atoms with Gasteiger partial charge in [0.2, 0.25) is 0 Å². The van der Waals surface area contributed by atoms with Crippen LogP contribution in [-0.2, 0) is 17.6 Å². The number of halogens is 1. The van der Waals surface area contributed by atoms with E-state index in [2.05, 4.69) is 10.4 Å². The molecule has 0 atom stereocenters. The Morgan fingerprint density at radius 2 is 2.08 bits per heavy atom. The van der Waals surface area contributed by atoms with Crippen molar-refractivity contribution < 1.29 is 19.1 Å². The largest absolute Gasteiger partial charge is 0.481 e. The zero-order valence-electron chi connectivity index (χ0n) is 15.1. The minimum atomic E-state index is -1.08. The fraction of sp³-hybridized carbons (Fsp3) is 0.421. The summed E-state index contributed by atoms with van der Waals surface area (Å²) in [5, 5.41) is 16.2. The van der Waals surface area contributed by atoms with E-state index in [9.17, 15) is 19.1 Å². The van der Waals surface area contributed by atoms with Crippen molar-refractivity contribution in [1.82, 2.24) is 15.1 Å². The number of aromatic nitrogens is 2. The summed E-state index contributed by atoms with van der Waals surface area (Å²) in [4.78, 5) is 23.8. The second kappa shape index (κ2) is 6.55. The third-order valence-corrected chi connectivity index (χ3v) is 4.74. The highest BCUT2D eigenvalue weighted by molar-refractivity contribution is 5.94. The zero-order valence-corrected chi connectivity index (χ0v) is 15.1. The van der Waals surface area contributed by atoms with Gasteiger partial charge < -0.3 is 10.4 Å². The van der Waals surface area contributed by atoms with E-state index in [1.54, 1.807) is 26.0 Å². The fourth-order valence-electron chi connectivity index (χ4n) is 3.06. The van der Waals surface area contributed by atoms with Crippen molar-refractivity contribution in [3.05, 3.63) is 46.5 Å². The summed E-state index contributed by atoms with van der Waals surface area (Å²) in [5.41, 5.74) is 2.06. The molecular weight excluding hydrogens is 337 g/mol. The predicted octanol–water partition coefficient (Wildman–Crippen LogP) is 2.65. The third kappa shape index (κ3) is 3.21. The van der Waals surface area contributed by atoms with Gasteiger partial charge in [-0.05, 0) is 57.7 Å². The molecule has 0 bridgehead atoms. The molecule has 6 nitrogen and oxygen atoms in total. The Morgan fingerprint density at radius 1 is 1.35 bits per heavy atom. The van der Waals surface area contributed by atoms with Gasteiger partial charge in [-0.25, -0.2) is 9.07 Å². The maximum atomic E-state index is 14.3. The maximum Gasteiger partial charge on any atom is 0.310 e. The number of aliphatic carboxylic acids is 1. The third-order valence-electron chi connectivity index (χ3n) is 4.74. The van der Waals surface area contributed by atoms with Gasteiger partial charge in [0.25, 0.3) is 5.91 Å². The number of carboxylic acid groups (broad SMARTS) is 1. The molecule has 2 aromatic rings. The monoisotopic (exact) mass is 359 g/mol. The minimum absolute atomic E-state index is 0.0123.